The van der Waals surface area contributed by atoms with E-state index in [1.165, 1.54) is 25.7 Å². The lowest BCUT2D eigenvalue weighted by atomic mass is 10.1. The minimum Gasteiger partial charge on any atom is -0.351 e. The number of anilines is 3. The molecule has 0 unspecified atom stereocenters. The zero-order chi connectivity index (χ0) is 15.2. The van der Waals surface area contributed by atoms with Crippen LogP contribution in [0.5, 0.6) is 0 Å². The predicted octanol–water partition coefficient (Wildman–Crippen LogP) is 4.40. The maximum absolute atomic E-state index is 6.02. The number of hydrogen-bond donors (Lipinski definition) is 2. The van der Waals surface area contributed by atoms with Gasteiger partial charge in [-0.1, -0.05) is 43.9 Å². The molecule has 2 N–H and O–H groups in total. The van der Waals surface area contributed by atoms with E-state index in [9.17, 15) is 0 Å². The molecule has 6 heteroatoms. The van der Waals surface area contributed by atoms with Crippen molar-refractivity contribution >= 4 is 29.2 Å². The molecule has 5 nitrogen and oxygen atoms in total. The Balaban J connectivity index is 1.71. The number of hydrogen-bond acceptors (Lipinski definition) is 5. The van der Waals surface area contributed by atoms with Gasteiger partial charge in [-0.15, -0.1) is 0 Å². The minimum absolute atomic E-state index is 0.199. The molecule has 22 heavy (non-hydrogen) atoms. The Labute approximate surface area is 135 Å². The Morgan fingerprint density at radius 3 is 2.27 bits per heavy atom. The Morgan fingerprint density at radius 2 is 1.55 bits per heavy atom. The molecule has 1 heterocycles. The number of nitrogens with zero attached hydrogens (tertiary/aromatic N) is 3. The third kappa shape index (κ3) is 4.31. The molecule has 1 aromatic carbocycles. The first-order valence-corrected chi connectivity index (χ1v) is 8.17. The Morgan fingerprint density at radius 1 is 0.864 bits per heavy atom. The SMILES string of the molecule is Clc1nc(Nc2ccccc2)nc(NC2CCCCCC2)n1. The lowest BCUT2D eigenvalue weighted by molar-refractivity contribution is 0.614. The summed E-state index contributed by atoms with van der Waals surface area (Å²) in [7, 11) is 0. The van der Waals surface area contributed by atoms with Crippen LogP contribution in [0.4, 0.5) is 17.6 Å². The summed E-state index contributed by atoms with van der Waals surface area (Å²) in [5.41, 5.74) is 0.921. The second-order valence-electron chi connectivity index (χ2n) is 5.58. The molecule has 0 radical (unpaired) electrons. The molecule has 2 aromatic rings. The van der Waals surface area contributed by atoms with Crippen LogP contribution in [0.2, 0.25) is 5.28 Å². The van der Waals surface area contributed by atoms with Gasteiger partial charge in [0.1, 0.15) is 0 Å². The van der Waals surface area contributed by atoms with Gasteiger partial charge in [-0.3, -0.25) is 0 Å². The number of benzene rings is 1. The summed E-state index contributed by atoms with van der Waals surface area (Å²) in [4.78, 5) is 12.7. The van der Waals surface area contributed by atoms with E-state index in [-0.39, 0.29) is 5.28 Å². The van der Waals surface area contributed by atoms with Gasteiger partial charge in [0.2, 0.25) is 17.2 Å². The molecule has 1 aliphatic rings. The highest BCUT2D eigenvalue weighted by Gasteiger charge is 2.14. The lowest BCUT2D eigenvalue weighted by Crippen LogP contribution is -2.20. The van der Waals surface area contributed by atoms with E-state index in [0.29, 0.717) is 17.9 Å². The smallest absolute Gasteiger partial charge is 0.233 e. The second-order valence-corrected chi connectivity index (χ2v) is 5.91. The zero-order valence-electron chi connectivity index (χ0n) is 12.4. The summed E-state index contributed by atoms with van der Waals surface area (Å²) >= 11 is 6.02. The van der Waals surface area contributed by atoms with E-state index in [4.69, 9.17) is 11.6 Å². The van der Waals surface area contributed by atoms with Gasteiger partial charge in [-0.05, 0) is 36.6 Å². The first-order chi connectivity index (χ1) is 10.8. The molecule has 0 bridgehead atoms. The molecule has 0 aliphatic heterocycles. The largest absolute Gasteiger partial charge is 0.351 e. The van der Waals surface area contributed by atoms with E-state index in [1.54, 1.807) is 0 Å². The molecule has 0 atom stereocenters. The number of aromatic nitrogens is 3. The van der Waals surface area contributed by atoms with Crippen molar-refractivity contribution < 1.29 is 0 Å². The van der Waals surface area contributed by atoms with E-state index < -0.39 is 0 Å². The van der Waals surface area contributed by atoms with Crippen LogP contribution in [-0.2, 0) is 0 Å². The lowest BCUT2D eigenvalue weighted by Gasteiger charge is -2.16. The topological polar surface area (TPSA) is 62.7 Å². The Kier molecular flexibility index (Phi) is 5.06. The van der Waals surface area contributed by atoms with Gasteiger partial charge in [-0.25, -0.2) is 0 Å². The van der Waals surface area contributed by atoms with Crippen LogP contribution in [0, 0.1) is 0 Å². The number of para-hydroxylation sites is 1. The molecule has 0 saturated heterocycles. The normalized spacial score (nSPS) is 16.0. The van der Waals surface area contributed by atoms with Gasteiger partial charge >= 0.3 is 0 Å². The van der Waals surface area contributed by atoms with E-state index in [1.807, 2.05) is 30.3 Å². The highest BCUT2D eigenvalue weighted by atomic mass is 35.5. The Hall–Kier alpha value is -1.88. The molecule has 1 fully saturated rings. The monoisotopic (exact) mass is 317 g/mol. The van der Waals surface area contributed by atoms with E-state index >= 15 is 0 Å². The summed E-state index contributed by atoms with van der Waals surface area (Å²) < 4.78 is 0. The van der Waals surface area contributed by atoms with Crippen LogP contribution in [0.25, 0.3) is 0 Å². The van der Waals surface area contributed by atoms with Gasteiger partial charge in [0, 0.05) is 11.7 Å². The molecule has 3 rings (SSSR count). The molecule has 0 spiro atoms. The minimum atomic E-state index is 0.199. The molecule has 1 aromatic heterocycles. The second kappa shape index (κ2) is 7.40. The average molecular weight is 318 g/mol. The molecular formula is C16H20ClN5. The average Bonchev–Trinajstić information content (AvgIpc) is 2.76. The van der Waals surface area contributed by atoms with E-state index in [0.717, 1.165) is 18.5 Å². The fraction of sp³-hybridized carbons (Fsp3) is 0.438. The summed E-state index contributed by atoms with van der Waals surface area (Å²) in [6.45, 7) is 0. The van der Waals surface area contributed by atoms with Crippen molar-refractivity contribution in [1.29, 1.82) is 0 Å². The molecule has 1 saturated carbocycles. The molecule has 1 aliphatic carbocycles. The maximum atomic E-state index is 6.02. The number of halogens is 1. The molecule has 0 amide bonds. The van der Waals surface area contributed by atoms with Crippen molar-refractivity contribution in [1.82, 2.24) is 15.0 Å². The predicted molar refractivity (Wildman–Crippen MR) is 89.7 cm³/mol. The van der Waals surface area contributed by atoms with Crippen LogP contribution < -0.4 is 10.6 Å². The standard InChI is InChI=1S/C16H20ClN5/c17-14-20-15(18-12-8-4-1-2-5-9-12)22-16(21-14)19-13-10-6-3-7-11-13/h3,6-7,10-12H,1-2,4-5,8-9H2,(H2,18,19,20,21,22). The summed E-state index contributed by atoms with van der Waals surface area (Å²) in [5.74, 6) is 1.01. The van der Waals surface area contributed by atoms with Crippen molar-refractivity contribution in [2.45, 2.75) is 44.6 Å². The fourth-order valence-electron chi connectivity index (χ4n) is 2.73. The van der Waals surface area contributed by atoms with Crippen molar-refractivity contribution in [3.63, 3.8) is 0 Å². The summed E-state index contributed by atoms with van der Waals surface area (Å²) in [6, 6.07) is 10.2. The van der Waals surface area contributed by atoms with Crippen molar-refractivity contribution in [3.05, 3.63) is 35.6 Å². The number of rotatable bonds is 4. The van der Waals surface area contributed by atoms with Crippen LogP contribution in [0.1, 0.15) is 38.5 Å². The number of nitrogens with one attached hydrogen (secondary N) is 2. The maximum Gasteiger partial charge on any atom is 0.233 e. The van der Waals surface area contributed by atoms with Crippen molar-refractivity contribution in [2.24, 2.45) is 0 Å². The van der Waals surface area contributed by atoms with Gasteiger partial charge in [0.05, 0.1) is 0 Å². The van der Waals surface area contributed by atoms with Gasteiger partial charge < -0.3 is 10.6 Å². The van der Waals surface area contributed by atoms with Crippen molar-refractivity contribution in [2.75, 3.05) is 10.6 Å². The highest BCUT2D eigenvalue weighted by molar-refractivity contribution is 6.28. The van der Waals surface area contributed by atoms with Crippen LogP contribution >= 0.6 is 11.6 Å². The quantitative estimate of drug-likeness (QED) is 0.818. The Bertz CT molecular complexity index is 597. The van der Waals surface area contributed by atoms with E-state index in [2.05, 4.69) is 25.6 Å². The van der Waals surface area contributed by atoms with Gasteiger partial charge in [0.25, 0.3) is 0 Å². The highest BCUT2D eigenvalue weighted by Crippen LogP contribution is 2.21. The molecular weight excluding hydrogens is 298 g/mol. The van der Waals surface area contributed by atoms with Crippen LogP contribution in [-0.4, -0.2) is 21.0 Å². The third-order valence-electron chi connectivity index (χ3n) is 3.83. The fourth-order valence-corrected chi connectivity index (χ4v) is 2.89. The van der Waals surface area contributed by atoms with Crippen LogP contribution in [0.15, 0.2) is 30.3 Å². The van der Waals surface area contributed by atoms with Crippen molar-refractivity contribution in [3.8, 4) is 0 Å². The third-order valence-corrected chi connectivity index (χ3v) is 4.00. The van der Waals surface area contributed by atoms with Gasteiger partial charge in [-0.2, -0.15) is 15.0 Å². The summed E-state index contributed by atoms with van der Waals surface area (Å²) in [6.07, 6.45) is 7.46. The summed E-state index contributed by atoms with van der Waals surface area (Å²) in [5, 5.41) is 6.75. The first kappa shape index (κ1) is 15.0. The van der Waals surface area contributed by atoms with Gasteiger partial charge in [0.15, 0.2) is 0 Å². The first-order valence-electron chi connectivity index (χ1n) is 7.80. The van der Waals surface area contributed by atoms with Crippen LogP contribution in [0.3, 0.4) is 0 Å². The molecule has 116 valence electrons. The zero-order valence-corrected chi connectivity index (χ0v) is 13.2.